The topological polar surface area (TPSA) is 51.5 Å². The fraction of sp³-hybridized carbons (Fsp3) is 0.360. The molecule has 2 aromatic rings. The number of ether oxygens (including phenoxy) is 1. The number of nitrogens with zero attached hydrogens (tertiary/aromatic N) is 2. The predicted octanol–water partition coefficient (Wildman–Crippen LogP) is 4.81. The second kappa shape index (κ2) is 8.74. The van der Waals surface area contributed by atoms with E-state index in [1.54, 1.807) is 11.8 Å². The average Bonchev–Trinajstić information content (AvgIpc) is 3.10. The number of amides is 1. The maximum absolute atomic E-state index is 13.2. The number of carbonyl (C=O) groups is 2. The first-order valence-corrected chi connectivity index (χ1v) is 10.4. The molecule has 1 aromatic carbocycles. The quantitative estimate of drug-likeness (QED) is 0.511. The van der Waals surface area contributed by atoms with Gasteiger partial charge in [-0.1, -0.05) is 32.0 Å². The monoisotopic (exact) mass is 406 g/mol. The summed E-state index contributed by atoms with van der Waals surface area (Å²) in [4.78, 5) is 27.6. The summed E-state index contributed by atoms with van der Waals surface area (Å²) in [5, 5.41) is 0. The molecule has 1 aromatic heterocycles. The molecule has 0 bridgehead atoms. The lowest BCUT2D eigenvalue weighted by molar-refractivity contribution is -0.138. The van der Waals surface area contributed by atoms with Gasteiger partial charge < -0.3 is 14.2 Å². The number of carbonyl (C=O) groups excluding carboxylic acids is 2. The smallest absolute Gasteiger partial charge is 0.340 e. The lowest BCUT2D eigenvalue weighted by atomic mass is 10.0. The first-order chi connectivity index (χ1) is 14.3. The summed E-state index contributed by atoms with van der Waals surface area (Å²) in [7, 11) is 0. The van der Waals surface area contributed by atoms with E-state index in [1.165, 1.54) is 0 Å². The van der Waals surface area contributed by atoms with E-state index in [0.29, 0.717) is 23.4 Å². The maximum atomic E-state index is 13.2. The number of aryl methyl sites for hydroxylation is 1. The minimum Gasteiger partial charge on any atom is -0.462 e. The van der Waals surface area contributed by atoms with Crippen LogP contribution < -0.4 is 0 Å². The van der Waals surface area contributed by atoms with Crippen LogP contribution in [0.4, 0.5) is 0 Å². The Hall–Kier alpha value is -3.08. The molecule has 0 aliphatic carbocycles. The molecule has 0 unspecified atom stereocenters. The lowest BCUT2D eigenvalue weighted by Crippen LogP contribution is -2.28. The number of esters is 1. The molecular weight excluding hydrogens is 376 g/mol. The molecule has 0 spiro atoms. The van der Waals surface area contributed by atoms with Gasteiger partial charge in [-0.15, -0.1) is 0 Å². The molecule has 0 atom stereocenters. The highest BCUT2D eigenvalue weighted by Crippen LogP contribution is 2.33. The number of hydrogen-bond acceptors (Lipinski definition) is 3. The first-order valence-electron chi connectivity index (χ1n) is 10.4. The van der Waals surface area contributed by atoms with Gasteiger partial charge >= 0.3 is 5.97 Å². The average molecular weight is 407 g/mol. The fourth-order valence-electron chi connectivity index (χ4n) is 3.98. The molecule has 1 amide bonds. The van der Waals surface area contributed by atoms with Crippen LogP contribution in [0.2, 0.25) is 0 Å². The van der Waals surface area contributed by atoms with Crippen LogP contribution >= 0.6 is 0 Å². The summed E-state index contributed by atoms with van der Waals surface area (Å²) >= 11 is 0. The molecule has 0 fully saturated rings. The van der Waals surface area contributed by atoms with Crippen molar-refractivity contribution in [3.63, 3.8) is 0 Å². The van der Waals surface area contributed by atoms with Gasteiger partial charge in [0.25, 0.3) is 5.91 Å². The van der Waals surface area contributed by atoms with Gasteiger partial charge in [-0.05, 0) is 63.5 Å². The highest BCUT2D eigenvalue weighted by atomic mass is 16.5. The molecule has 0 saturated carbocycles. The molecule has 1 aliphatic rings. The third-order valence-electron chi connectivity index (χ3n) is 5.32. The van der Waals surface area contributed by atoms with Gasteiger partial charge in [-0.3, -0.25) is 4.79 Å². The number of para-hydroxylation sites is 1. The van der Waals surface area contributed by atoms with Gasteiger partial charge in [0.2, 0.25) is 0 Å². The van der Waals surface area contributed by atoms with E-state index < -0.39 is 5.97 Å². The van der Waals surface area contributed by atoms with Gasteiger partial charge in [-0.25, -0.2) is 4.79 Å². The maximum Gasteiger partial charge on any atom is 0.340 e. The van der Waals surface area contributed by atoms with Crippen molar-refractivity contribution >= 4 is 18.0 Å². The van der Waals surface area contributed by atoms with Gasteiger partial charge in [0.15, 0.2) is 0 Å². The van der Waals surface area contributed by atoms with Crippen LogP contribution in [0.15, 0.2) is 53.2 Å². The number of benzene rings is 1. The zero-order valence-corrected chi connectivity index (χ0v) is 18.7. The minimum atomic E-state index is -0.447. The number of aromatic nitrogens is 1. The van der Waals surface area contributed by atoms with Crippen molar-refractivity contribution < 1.29 is 14.3 Å². The van der Waals surface area contributed by atoms with Crippen molar-refractivity contribution in [2.24, 2.45) is 5.92 Å². The Kier molecular flexibility index (Phi) is 6.30. The predicted molar refractivity (Wildman–Crippen MR) is 119 cm³/mol. The Morgan fingerprint density at radius 1 is 1.13 bits per heavy atom. The van der Waals surface area contributed by atoms with E-state index in [4.69, 9.17) is 4.74 Å². The van der Waals surface area contributed by atoms with E-state index in [1.807, 2.05) is 51.1 Å². The summed E-state index contributed by atoms with van der Waals surface area (Å²) in [6.45, 7) is 12.6. The molecular formula is C25H30N2O3. The van der Waals surface area contributed by atoms with E-state index in [2.05, 4.69) is 30.5 Å². The zero-order chi connectivity index (χ0) is 22.0. The standard InChI is InChI=1S/C25H30N2O3/c1-7-30-25(29)23-19(6)26(15-16(2)3)24(28)22(23)14-20-13-17(4)27(18(20)5)21-11-9-8-10-12-21/h8-14,16H,7,15H2,1-6H3/b22-14-. The molecule has 0 N–H and O–H groups in total. The third-order valence-corrected chi connectivity index (χ3v) is 5.32. The van der Waals surface area contributed by atoms with Gasteiger partial charge in [-0.2, -0.15) is 0 Å². The Bertz CT molecular complexity index is 1030. The normalized spacial score (nSPS) is 15.6. The van der Waals surface area contributed by atoms with Crippen molar-refractivity contribution in [1.82, 2.24) is 9.47 Å². The minimum absolute atomic E-state index is 0.145. The Balaban J connectivity index is 2.11. The van der Waals surface area contributed by atoms with Crippen LogP contribution in [0.25, 0.3) is 11.8 Å². The SMILES string of the molecule is CCOC(=O)C1=C(C)N(CC(C)C)C(=O)/C1=C\c1cc(C)n(-c2ccccc2)c1C. The molecule has 0 radical (unpaired) electrons. The molecule has 0 saturated heterocycles. The van der Waals surface area contributed by atoms with Crippen molar-refractivity contribution in [2.75, 3.05) is 13.2 Å². The second-order valence-electron chi connectivity index (χ2n) is 8.05. The van der Waals surface area contributed by atoms with Gasteiger partial charge in [0.05, 0.1) is 17.8 Å². The highest BCUT2D eigenvalue weighted by Gasteiger charge is 2.37. The Morgan fingerprint density at radius 2 is 1.80 bits per heavy atom. The van der Waals surface area contributed by atoms with Crippen molar-refractivity contribution in [1.29, 1.82) is 0 Å². The molecule has 158 valence electrons. The number of allylic oxidation sites excluding steroid dienone is 1. The highest BCUT2D eigenvalue weighted by molar-refractivity contribution is 6.16. The van der Waals surface area contributed by atoms with Gasteiger partial charge in [0.1, 0.15) is 0 Å². The number of hydrogen-bond donors (Lipinski definition) is 0. The number of rotatable bonds is 6. The van der Waals surface area contributed by atoms with Crippen LogP contribution in [0.5, 0.6) is 0 Å². The van der Waals surface area contributed by atoms with E-state index in [-0.39, 0.29) is 18.4 Å². The van der Waals surface area contributed by atoms with Crippen molar-refractivity contribution in [3.05, 3.63) is 70.2 Å². The van der Waals surface area contributed by atoms with Crippen LogP contribution in [0, 0.1) is 19.8 Å². The summed E-state index contributed by atoms with van der Waals surface area (Å²) in [6.07, 6.45) is 1.83. The van der Waals surface area contributed by atoms with E-state index in [9.17, 15) is 9.59 Å². The molecule has 2 heterocycles. The van der Waals surface area contributed by atoms with E-state index in [0.717, 1.165) is 22.6 Å². The van der Waals surface area contributed by atoms with Gasteiger partial charge in [0, 0.05) is 29.3 Å². The van der Waals surface area contributed by atoms with Crippen LogP contribution in [-0.2, 0) is 14.3 Å². The van der Waals surface area contributed by atoms with Crippen molar-refractivity contribution in [2.45, 2.75) is 41.5 Å². The van der Waals surface area contributed by atoms with Crippen molar-refractivity contribution in [3.8, 4) is 5.69 Å². The van der Waals surface area contributed by atoms with Crippen LogP contribution in [0.3, 0.4) is 0 Å². The summed E-state index contributed by atoms with van der Waals surface area (Å²) in [6, 6.07) is 12.1. The zero-order valence-electron chi connectivity index (χ0n) is 18.7. The summed E-state index contributed by atoms with van der Waals surface area (Å²) in [5.41, 5.74) is 5.49. The molecule has 3 rings (SSSR count). The Morgan fingerprint density at radius 3 is 2.40 bits per heavy atom. The van der Waals surface area contributed by atoms with Crippen LogP contribution in [-0.4, -0.2) is 34.5 Å². The van der Waals surface area contributed by atoms with Crippen LogP contribution in [0.1, 0.15) is 44.6 Å². The third kappa shape index (κ3) is 3.97. The Labute approximate surface area is 178 Å². The summed E-state index contributed by atoms with van der Waals surface area (Å²) < 4.78 is 7.42. The first kappa shape index (κ1) is 21.6. The lowest BCUT2D eigenvalue weighted by Gasteiger charge is -2.19. The molecule has 5 heteroatoms. The molecule has 1 aliphatic heterocycles. The molecule has 30 heavy (non-hydrogen) atoms. The van der Waals surface area contributed by atoms with E-state index >= 15 is 0 Å². The largest absolute Gasteiger partial charge is 0.462 e. The fourth-order valence-corrected chi connectivity index (χ4v) is 3.98. The second-order valence-corrected chi connectivity index (χ2v) is 8.05. The summed E-state index contributed by atoms with van der Waals surface area (Å²) in [5.74, 6) is -0.304. The molecule has 5 nitrogen and oxygen atoms in total.